The number of aliphatic hydroxyl groups is 1. The lowest BCUT2D eigenvalue weighted by molar-refractivity contribution is 0.111. The van der Waals surface area contributed by atoms with Crippen molar-refractivity contribution in [2.45, 2.75) is 37.3 Å². The number of sulfonamides is 1. The topological polar surface area (TPSA) is 69.6 Å². The summed E-state index contributed by atoms with van der Waals surface area (Å²) in [5.41, 5.74) is 0. The first kappa shape index (κ1) is 19.7. The molecule has 136 valence electrons. The predicted molar refractivity (Wildman–Crippen MR) is 90.1 cm³/mol. The van der Waals surface area contributed by atoms with Gasteiger partial charge in [0, 0.05) is 25.7 Å². The minimum Gasteiger partial charge on any atom is -0.390 e. The van der Waals surface area contributed by atoms with Gasteiger partial charge in [-0.1, -0.05) is 6.92 Å². The third-order valence-electron chi connectivity index (χ3n) is 4.13. The summed E-state index contributed by atoms with van der Waals surface area (Å²) >= 11 is 2.79. The van der Waals surface area contributed by atoms with E-state index in [-0.39, 0.29) is 11.0 Å². The fourth-order valence-electron chi connectivity index (χ4n) is 2.97. The van der Waals surface area contributed by atoms with E-state index < -0.39 is 32.7 Å². The minimum absolute atomic E-state index is 0.156. The zero-order valence-corrected chi connectivity index (χ0v) is 15.9. The molecule has 24 heavy (non-hydrogen) atoms. The Morgan fingerprint density at radius 2 is 2.04 bits per heavy atom. The molecule has 1 aromatic rings. The molecular weight excluding hydrogens is 406 g/mol. The number of likely N-dealkylation sites (tertiary alicyclic amines) is 1. The first-order chi connectivity index (χ1) is 11.1. The number of benzene rings is 1. The number of nitrogens with zero attached hydrogens (tertiary/aromatic N) is 1. The van der Waals surface area contributed by atoms with E-state index in [1.165, 1.54) is 0 Å². The zero-order valence-electron chi connectivity index (χ0n) is 13.5. The summed E-state index contributed by atoms with van der Waals surface area (Å²) in [6, 6.07) is 1.69. The fourth-order valence-corrected chi connectivity index (χ4v) is 4.43. The van der Waals surface area contributed by atoms with Gasteiger partial charge in [-0.05, 0) is 47.3 Å². The van der Waals surface area contributed by atoms with E-state index >= 15 is 0 Å². The van der Waals surface area contributed by atoms with Gasteiger partial charge in [-0.15, -0.1) is 0 Å². The summed E-state index contributed by atoms with van der Waals surface area (Å²) in [6.07, 6.45) is 0.0952. The van der Waals surface area contributed by atoms with Crippen LogP contribution in [0, 0.1) is 17.6 Å². The molecular formula is C15H21BrF2N2O3S. The molecule has 1 heterocycles. The molecule has 1 aliphatic rings. The van der Waals surface area contributed by atoms with E-state index in [2.05, 4.69) is 39.4 Å². The lowest BCUT2D eigenvalue weighted by Crippen LogP contribution is -2.41. The van der Waals surface area contributed by atoms with Gasteiger partial charge >= 0.3 is 0 Å². The maximum absolute atomic E-state index is 13.8. The van der Waals surface area contributed by atoms with Crippen molar-refractivity contribution in [3.05, 3.63) is 28.2 Å². The van der Waals surface area contributed by atoms with Crippen LogP contribution in [0.5, 0.6) is 0 Å². The van der Waals surface area contributed by atoms with Crippen molar-refractivity contribution in [1.82, 2.24) is 9.62 Å². The molecule has 9 heteroatoms. The first-order valence-corrected chi connectivity index (χ1v) is 9.94. The summed E-state index contributed by atoms with van der Waals surface area (Å²) in [6.45, 7) is 5.08. The molecule has 2 unspecified atom stereocenters. The third kappa shape index (κ3) is 4.72. The van der Waals surface area contributed by atoms with Crippen molar-refractivity contribution < 1.29 is 22.3 Å². The monoisotopic (exact) mass is 426 g/mol. The molecule has 2 rings (SSSR count). The van der Waals surface area contributed by atoms with E-state index in [0.29, 0.717) is 24.6 Å². The maximum atomic E-state index is 13.8. The number of nitrogens with one attached hydrogen (secondary N) is 1. The summed E-state index contributed by atoms with van der Waals surface area (Å²) in [5.74, 6) is -1.41. The van der Waals surface area contributed by atoms with E-state index in [1.807, 2.05) is 0 Å². The number of hydrogen-bond acceptors (Lipinski definition) is 4. The van der Waals surface area contributed by atoms with Crippen molar-refractivity contribution in [2.24, 2.45) is 5.92 Å². The van der Waals surface area contributed by atoms with Gasteiger partial charge in [-0.25, -0.2) is 21.9 Å². The van der Waals surface area contributed by atoms with Gasteiger partial charge in [0.1, 0.15) is 16.5 Å². The highest BCUT2D eigenvalue weighted by molar-refractivity contribution is 9.10. The molecule has 0 radical (unpaired) electrons. The van der Waals surface area contributed by atoms with Gasteiger partial charge in [0.2, 0.25) is 10.0 Å². The zero-order chi connectivity index (χ0) is 18.1. The molecule has 0 aromatic heterocycles. The van der Waals surface area contributed by atoms with Crippen LogP contribution < -0.4 is 4.72 Å². The van der Waals surface area contributed by atoms with E-state index in [1.54, 1.807) is 0 Å². The van der Waals surface area contributed by atoms with Crippen LogP contribution in [0.1, 0.15) is 20.3 Å². The number of β-amino-alcohol motifs (C(OH)–C–C–N with tert-alkyl or cyclic N) is 1. The highest BCUT2D eigenvalue weighted by Crippen LogP contribution is 2.24. The highest BCUT2D eigenvalue weighted by Gasteiger charge is 2.28. The largest absolute Gasteiger partial charge is 0.390 e. The van der Waals surface area contributed by atoms with Crippen LogP contribution in [-0.2, 0) is 10.0 Å². The van der Waals surface area contributed by atoms with Crippen molar-refractivity contribution >= 4 is 26.0 Å². The van der Waals surface area contributed by atoms with Gasteiger partial charge in [0.05, 0.1) is 10.6 Å². The molecule has 5 nitrogen and oxygen atoms in total. The average molecular weight is 427 g/mol. The van der Waals surface area contributed by atoms with Crippen LogP contribution in [-0.4, -0.2) is 50.2 Å². The van der Waals surface area contributed by atoms with Crippen LogP contribution in [0.3, 0.4) is 0 Å². The van der Waals surface area contributed by atoms with Gasteiger partial charge in [0.25, 0.3) is 0 Å². The lowest BCUT2D eigenvalue weighted by Gasteiger charge is -2.24. The maximum Gasteiger partial charge on any atom is 0.243 e. The number of halogens is 3. The van der Waals surface area contributed by atoms with E-state index in [4.69, 9.17) is 0 Å². The van der Waals surface area contributed by atoms with Crippen LogP contribution in [0.2, 0.25) is 0 Å². The van der Waals surface area contributed by atoms with Crippen molar-refractivity contribution in [3.63, 3.8) is 0 Å². The Bertz CT molecular complexity index is 702. The van der Waals surface area contributed by atoms with Crippen molar-refractivity contribution in [2.75, 3.05) is 19.6 Å². The second-order valence-corrected chi connectivity index (χ2v) is 8.94. The molecule has 0 amide bonds. The summed E-state index contributed by atoms with van der Waals surface area (Å²) in [7, 11) is -4.25. The molecule has 2 N–H and O–H groups in total. The summed E-state index contributed by atoms with van der Waals surface area (Å²) in [4.78, 5) is 1.31. The van der Waals surface area contributed by atoms with E-state index in [9.17, 15) is 22.3 Å². The van der Waals surface area contributed by atoms with Gasteiger partial charge < -0.3 is 5.11 Å². The quantitative estimate of drug-likeness (QED) is 0.683. The van der Waals surface area contributed by atoms with Crippen molar-refractivity contribution in [3.8, 4) is 0 Å². The molecule has 1 aromatic carbocycles. The Morgan fingerprint density at radius 1 is 1.38 bits per heavy atom. The Morgan fingerprint density at radius 3 is 2.62 bits per heavy atom. The molecule has 1 saturated heterocycles. The van der Waals surface area contributed by atoms with Gasteiger partial charge in [-0.3, -0.25) is 4.90 Å². The van der Waals surface area contributed by atoms with Crippen molar-refractivity contribution in [1.29, 1.82) is 0 Å². The fraction of sp³-hybridized carbons (Fsp3) is 0.600. The standard InChI is InChI=1S/C15H21BrF2N2O3S/c1-9-3-10(2)20(7-9)8-11(21)6-19-24(22,23)15-5-13(17)12(16)4-14(15)18/h4-5,9-11,19,21H,3,6-8H2,1-2H3/t9?,10?,11-/m1/s1. The second-order valence-electron chi connectivity index (χ2n) is 6.35. The first-order valence-electron chi connectivity index (χ1n) is 7.66. The van der Waals surface area contributed by atoms with Crippen LogP contribution in [0.4, 0.5) is 8.78 Å². The molecule has 3 atom stereocenters. The second kappa shape index (κ2) is 7.74. The molecule has 0 saturated carbocycles. The molecule has 0 aliphatic carbocycles. The SMILES string of the molecule is CC1CC(C)N(C[C@H](O)CNS(=O)(=O)c2cc(F)c(Br)cc2F)C1. The summed E-state index contributed by atoms with van der Waals surface area (Å²) < 4.78 is 53.5. The Hall–Kier alpha value is -0.610. The van der Waals surface area contributed by atoms with E-state index in [0.717, 1.165) is 19.0 Å². The van der Waals surface area contributed by atoms with Gasteiger partial charge in [-0.2, -0.15) is 0 Å². The number of hydrogen-bond donors (Lipinski definition) is 2. The smallest absolute Gasteiger partial charge is 0.243 e. The van der Waals surface area contributed by atoms with Crippen LogP contribution >= 0.6 is 15.9 Å². The normalized spacial score (nSPS) is 23.6. The number of rotatable bonds is 6. The molecule has 1 fully saturated rings. The molecule has 1 aliphatic heterocycles. The average Bonchev–Trinajstić information content (AvgIpc) is 2.78. The Kier molecular flexibility index (Phi) is 6.35. The predicted octanol–water partition coefficient (Wildman–Crippen LogP) is 2.10. The summed E-state index contributed by atoms with van der Waals surface area (Å²) in [5, 5.41) is 10.0. The Labute approximate surface area is 149 Å². The lowest BCUT2D eigenvalue weighted by atomic mass is 10.1. The highest BCUT2D eigenvalue weighted by atomic mass is 79.9. The van der Waals surface area contributed by atoms with Gasteiger partial charge in [0.15, 0.2) is 0 Å². The molecule has 0 bridgehead atoms. The van der Waals surface area contributed by atoms with Crippen LogP contribution in [0.25, 0.3) is 0 Å². The number of aliphatic hydroxyl groups excluding tert-OH is 1. The molecule has 0 spiro atoms. The Balaban J connectivity index is 1.99. The van der Waals surface area contributed by atoms with Crippen LogP contribution in [0.15, 0.2) is 21.5 Å². The third-order valence-corrected chi connectivity index (χ3v) is 6.18. The minimum atomic E-state index is -4.25.